The van der Waals surface area contributed by atoms with E-state index >= 15 is 0 Å². The van der Waals surface area contributed by atoms with Crippen LogP contribution in [0.25, 0.3) is 0 Å². The molecule has 1 aromatic rings. The second-order valence-corrected chi connectivity index (χ2v) is 6.65. The second-order valence-electron chi connectivity index (χ2n) is 6.65. The fraction of sp³-hybridized carbons (Fsp3) is 0.812. The van der Waals surface area contributed by atoms with Gasteiger partial charge < -0.3 is 15.5 Å². The van der Waals surface area contributed by atoms with E-state index in [-0.39, 0.29) is 0 Å². The Balaban J connectivity index is 1.60. The molecule has 0 spiro atoms. The highest BCUT2D eigenvalue weighted by Crippen LogP contribution is 2.28. The molecule has 1 aromatic heterocycles. The van der Waals surface area contributed by atoms with E-state index in [1.165, 1.54) is 56.7 Å². The van der Waals surface area contributed by atoms with Crippen LogP contribution in [0.3, 0.4) is 0 Å². The normalized spacial score (nSPS) is 21.4. The molecule has 0 saturated carbocycles. The number of nitrogens with zero attached hydrogens (tertiary/aromatic N) is 4. The Labute approximate surface area is 128 Å². The Kier molecular flexibility index (Phi) is 4.50. The number of hydrogen-bond donors (Lipinski definition) is 1. The summed E-state index contributed by atoms with van der Waals surface area (Å²) in [6.07, 6.45) is 5.38. The van der Waals surface area contributed by atoms with E-state index in [1.54, 1.807) is 0 Å². The fourth-order valence-electron chi connectivity index (χ4n) is 3.98. The summed E-state index contributed by atoms with van der Waals surface area (Å²) in [7, 11) is 2.04. The number of aryl methyl sites for hydroxylation is 2. The third-order valence-corrected chi connectivity index (χ3v) is 5.15. The maximum absolute atomic E-state index is 5.92. The molecule has 2 saturated heterocycles. The number of piperidine rings is 1. The van der Waals surface area contributed by atoms with Crippen LogP contribution in [0.5, 0.6) is 0 Å². The zero-order chi connectivity index (χ0) is 14.8. The van der Waals surface area contributed by atoms with Crippen molar-refractivity contribution in [3.63, 3.8) is 0 Å². The zero-order valence-corrected chi connectivity index (χ0v) is 13.5. The lowest BCUT2D eigenvalue weighted by atomic mass is 9.96. The minimum absolute atomic E-state index is 0.586. The number of likely N-dealkylation sites (tertiary alicyclic amines) is 1. The molecular formula is C16H29N5. The number of aromatic nitrogens is 2. The standard InChI is InChI=1S/C16H29N5/c1-13-15(11-17)16(19(2)18-13)21-9-5-14(6-10-21)12-20-7-3-4-8-20/h14H,3-12,17H2,1-2H3. The molecule has 0 unspecified atom stereocenters. The van der Waals surface area contributed by atoms with Gasteiger partial charge in [-0.25, -0.2) is 0 Å². The third kappa shape index (κ3) is 3.09. The quantitative estimate of drug-likeness (QED) is 0.913. The maximum atomic E-state index is 5.92. The van der Waals surface area contributed by atoms with Gasteiger partial charge in [-0.3, -0.25) is 4.68 Å². The van der Waals surface area contributed by atoms with Gasteiger partial charge in [-0.1, -0.05) is 0 Å². The van der Waals surface area contributed by atoms with E-state index in [2.05, 4.69) is 21.8 Å². The van der Waals surface area contributed by atoms with Crippen LogP contribution >= 0.6 is 0 Å². The summed E-state index contributed by atoms with van der Waals surface area (Å²) in [5.74, 6) is 2.12. The van der Waals surface area contributed by atoms with Gasteiger partial charge >= 0.3 is 0 Å². The van der Waals surface area contributed by atoms with Crippen molar-refractivity contribution in [3.05, 3.63) is 11.3 Å². The van der Waals surface area contributed by atoms with Crippen molar-refractivity contribution in [1.29, 1.82) is 0 Å². The van der Waals surface area contributed by atoms with Crippen molar-refractivity contribution in [2.75, 3.05) is 37.6 Å². The van der Waals surface area contributed by atoms with Gasteiger partial charge in [0, 0.05) is 38.8 Å². The molecule has 5 heteroatoms. The summed E-state index contributed by atoms with van der Waals surface area (Å²) in [5.41, 5.74) is 8.22. The van der Waals surface area contributed by atoms with Gasteiger partial charge in [0.2, 0.25) is 0 Å². The number of hydrogen-bond acceptors (Lipinski definition) is 4. The average molecular weight is 291 g/mol. The predicted molar refractivity (Wildman–Crippen MR) is 86.4 cm³/mol. The van der Waals surface area contributed by atoms with E-state index in [1.807, 2.05) is 11.7 Å². The summed E-state index contributed by atoms with van der Waals surface area (Å²) in [5, 5.41) is 4.55. The molecule has 2 aliphatic rings. The molecule has 5 nitrogen and oxygen atoms in total. The van der Waals surface area contributed by atoms with Crippen molar-refractivity contribution < 1.29 is 0 Å². The maximum Gasteiger partial charge on any atom is 0.131 e. The lowest BCUT2D eigenvalue weighted by molar-refractivity contribution is 0.249. The topological polar surface area (TPSA) is 50.3 Å². The van der Waals surface area contributed by atoms with Gasteiger partial charge in [-0.15, -0.1) is 0 Å². The second kappa shape index (κ2) is 6.36. The van der Waals surface area contributed by atoms with E-state index in [0.29, 0.717) is 6.54 Å². The summed E-state index contributed by atoms with van der Waals surface area (Å²) in [6.45, 7) is 8.88. The van der Waals surface area contributed by atoms with Crippen LogP contribution in [0.1, 0.15) is 36.9 Å². The van der Waals surface area contributed by atoms with Gasteiger partial charge in [0.05, 0.1) is 5.69 Å². The smallest absolute Gasteiger partial charge is 0.131 e. The highest BCUT2D eigenvalue weighted by atomic mass is 15.4. The third-order valence-electron chi connectivity index (χ3n) is 5.15. The van der Waals surface area contributed by atoms with Gasteiger partial charge in [-0.2, -0.15) is 5.10 Å². The first-order valence-corrected chi connectivity index (χ1v) is 8.39. The van der Waals surface area contributed by atoms with E-state index in [4.69, 9.17) is 5.73 Å². The van der Waals surface area contributed by atoms with Crippen molar-refractivity contribution in [2.45, 2.75) is 39.2 Å². The molecule has 2 aliphatic heterocycles. The van der Waals surface area contributed by atoms with Crippen molar-refractivity contribution in [3.8, 4) is 0 Å². The first-order valence-electron chi connectivity index (χ1n) is 8.39. The Morgan fingerprint density at radius 2 is 1.81 bits per heavy atom. The number of anilines is 1. The van der Waals surface area contributed by atoms with E-state index < -0.39 is 0 Å². The molecule has 3 heterocycles. The SMILES string of the molecule is Cc1nn(C)c(N2CCC(CN3CCCC3)CC2)c1CN. The molecule has 0 aliphatic carbocycles. The van der Waals surface area contributed by atoms with Crippen molar-refractivity contribution >= 4 is 5.82 Å². The number of rotatable bonds is 4. The molecule has 118 valence electrons. The van der Waals surface area contributed by atoms with Crippen LogP contribution < -0.4 is 10.6 Å². The fourth-order valence-corrected chi connectivity index (χ4v) is 3.98. The van der Waals surface area contributed by atoms with Gasteiger partial charge in [0.1, 0.15) is 5.82 Å². The molecule has 0 amide bonds. The summed E-state index contributed by atoms with van der Waals surface area (Å²) >= 11 is 0. The Morgan fingerprint density at radius 1 is 1.14 bits per heavy atom. The molecule has 0 bridgehead atoms. The first-order chi connectivity index (χ1) is 10.2. The van der Waals surface area contributed by atoms with Crippen LogP contribution in [0.4, 0.5) is 5.82 Å². The van der Waals surface area contributed by atoms with Crippen LogP contribution in [0.15, 0.2) is 0 Å². The molecule has 2 fully saturated rings. The van der Waals surface area contributed by atoms with Crippen LogP contribution in [0.2, 0.25) is 0 Å². The Morgan fingerprint density at radius 3 is 2.43 bits per heavy atom. The average Bonchev–Trinajstić information content (AvgIpc) is 3.07. The molecule has 0 radical (unpaired) electrons. The highest BCUT2D eigenvalue weighted by molar-refractivity contribution is 5.50. The number of nitrogens with two attached hydrogens (primary N) is 1. The van der Waals surface area contributed by atoms with Gasteiger partial charge in [-0.05, 0) is 51.6 Å². The summed E-state index contributed by atoms with van der Waals surface area (Å²) < 4.78 is 2.01. The first kappa shape index (κ1) is 14.9. The minimum Gasteiger partial charge on any atom is -0.357 e. The molecule has 21 heavy (non-hydrogen) atoms. The molecule has 0 aromatic carbocycles. The zero-order valence-electron chi connectivity index (χ0n) is 13.5. The van der Waals surface area contributed by atoms with Gasteiger partial charge in [0.25, 0.3) is 0 Å². The van der Waals surface area contributed by atoms with E-state index in [9.17, 15) is 0 Å². The highest BCUT2D eigenvalue weighted by Gasteiger charge is 2.26. The summed E-state index contributed by atoms with van der Waals surface area (Å²) in [4.78, 5) is 5.14. The Hall–Kier alpha value is -1.07. The Bertz CT molecular complexity index is 467. The predicted octanol–water partition coefficient (Wildman–Crippen LogP) is 1.50. The monoisotopic (exact) mass is 291 g/mol. The van der Waals surface area contributed by atoms with Crippen molar-refractivity contribution in [1.82, 2.24) is 14.7 Å². The van der Waals surface area contributed by atoms with E-state index in [0.717, 1.165) is 24.7 Å². The molecule has 2 N–H and O–H groups in total. The molecular weight excluding hydrogens is 262 g/mol. The van der Waals surface area contributed by atoms with Crippen molar-refractivity contribution in [2.24, 2.45) is 18.7 Å². The van der Waals surface area contributed by atoms with Crippen LogP contribution in [-0.2, 0) is 13.6 Å². The lowest BCUT2D eigenvalue weighted by Gasteiger charge is -2.35. The summed E-state index contributed by atoms with van der Waals surface area (Å²) in [6, 6.07) is 0. The van der Waals surface area contributed by atoms with Gasteiger partial charge in [0.15, 0.2) is 0 Å². The van der Waals surface area contributed by atoms with Crippen LogP contribution in [0, 0.1) is 12.8 Å². The minimum atomic E-state index is 0.586. The molecule has 0 atom stereocenters. The molecule has 3 rings (SSSR count). The largest absolute Gasteiger partial charge is 0.357 e. The lowest BCUT2D eigenvalue weighted by Crippen LogP contribution is -2.39. The van der Waals surface area contributed by atoms with Crippen LogP contribution in [-0.4, -0.2) is 47.4 Å².